The van der Waals surface area contributed by atoms with Gasteiger partial charge in [0.1, 0.15) is 0 Å². The second kappa shape index (κ2) is 910. The van der Waals surface area contributed by atoms with Gasteiger partial charge in [0.25, 0.3) is 27.2 Å². The number of hydrogen-bond acceptors (Lipinski definition) is 4. The van der Waals surface area contributed by atoms with Gasteiger partial charge in [-0.1, -0.05) is 0 Å². The summed E-state index contributed by atoms with van der Waals surface area (Å²) >= 11 is 0. The average molecular weight is 293 g/mol. The average Bonchev–Trinajstić information content (AvgIpc) is 2.03. The maximum atomic E-state index is 7.50. The van der Waals surface area contributed by atoms with Gasteiger partial charge in [0.05, 0.1) is 0 Å². The zero-order valence-electron chi connectivity index (χ0n) is 4.08. The second-order valence-electron chi connectivity index (χ2n) is 0. The smallest absolute Gasteiger partial charge is 0.281 e. The summed E-state index contributed by atoms with van der Waals surface area (Å²) in [5.41, 5.74) is 0. The summed E-state index contributed by atoms with van der Waals surface area (Å²) in [4.78, 5) is 30.0. The van der Waals surface area contributed by atoms with Crippen LogP contribution in [0.4, 0.5) is 0 Å². The Kier molecular flexibility index (Phi) is 4010. The number of rotatable bonds is 0. The largest absolute Gasteiger partial charge is 0.281 e. The molecule has 0 bridgehead atoms. The van der Waals surface area contributed by atoms with Gasteiger partial charge in [0.15, 0.2) is 0 Å². The van der Waals surface area contributed by atoms with Gasteiger partial charge in [-0.3, -0.25) is 19.2 Å². The van der Waals surface area contributed by atoms with Gasteiger partial charge in [0.2, 0.25) is 0 Å². The summed E-state index contributed by atoms with van der Waals surface area (Å²) in [6, 6.07) is 0. The van der Waals surface area contributed by atoms with Crippen molar-refractivity contribution in [3.63, 3.8) is 0 Å². The molecule has 0 atom stereocenters. The standard InChI is InChI=1S/4CO.Ta/c4*1-2;. The molecule has 0 aliphatic carbocycles. The SMILES string of the molecule is [C]=O.[C]=O.[C]=O.[C]=O.[Ta]. The van der Waals surface area contributed by atoms with Crippen LogP contribution in [0.2, 0.25) is 0 Å². The molecular formula is C4O4Ta. The van der Waals surface area contributed by atoms with E-state index >= 15 is 0 Å². The fourth-order valence-corrected chi connectivity index (χ4v) is 0. The molecule has 9 radical (unpaired) electrons. The first-order valence-electron chi connectivity index (χ1n) is 0.816. The van der Waals surface area contributed by atoms with Crippen molar-refractivity contribution in [2.24, 2.45) is 0 Å². The van der Waals surface area contributed by atoms with E-state index in [9.17, 15) is 0 Å². The van der Waals surface area contributed by atoms with Gasteiger partial charge in [-0.15, -0.1) is 0 Å². The molecule has 0 heterocycles. The van der Waals surface area contributed by atoms with Crippen LogP contribution >= 0.6 is 0 Å². The van der Waals surface area contributed by atoms with Crippen LogP contribution in [0, 0.1) is 0 Å². The van der Waals surface area contributed by atoms with Crippen LogP contribution in [-0.4, -0.2) is 27.2 Å². The molecule has 0 aromatic rings. The van der Waals surface area contributed by atoms with Gasteiger partial charge in [0, 0.05) is 22.4 Å². The molecular weight excluding hydrogens is 293 g/mol. The topological polar surface area (TPSA) is 68.3 Å². The van der Waals surface area contributed by atoms with Gasteiger partial charge in [-0.05, 0) is 0 Å². The Balaban J connectivity index is -0.00000000762. The van der Waals surface area contributed by atoms with Crippen molar-refractivity contribution in [1.29, 1.82) is 0 Å². The summed E-state index contributed by atoms with van der Waals surface area (Å²) in [6.45, 7) is 18.0. The Hall–Kier alpha value is -0.580. The van der Waals surface area contributed by atoms with E-state index in [0.717, 1.165) is 0 Å². The maximum Gasteiger partial charge on any atom is 0.281 e. The third kappa shape index (κ3) is 649. The number of carbonyl (C=O) groups excluding carboxylic acids is 4. The van der Waals surface area contributed by atoms with Gasteiger partial charge < -0.3 is 0 Å². The van der Waals surface area contributed by atoms with Crippen molar-refractivity contribution >= 4 is 27.2 Å². The van der Waals surface area contributed by atoms with Crippen molar-refractivity contribution in [1.82, 2.24) is 0 Å². The van der Waals surface area contributed by atoms with E-state index in [1.165, 1.54) is 0 Å². The fourth-order valence-electron chi connectivity index (χ4n) is 0. The minimum Gasteiger partial charge on any atom is -0.281 e. The molecule has 0 rings (SSSR count). The Morgan fingerprint density at radius 1 is 0.444 bits per heavy atom. The summed E-state index contributed by atoms with van der Waals surface area (Å²) < 4.78 is 0. The summed E-state index contributed by atoms with van der Waals surface area (Å²) in [7, 11) is 0. The fraction of sp³-hybridized carbons (Fsp3) is 0. The summed E-state index contributed by atoms with van der Waals surface area (Å²) in [5, 5.41) is 0. The van der Waals surface area contributed by atoms with Crippen LogP contribution in [-0.2, 0) is 41.6 Å². The quantitative estimate of drug-likeness (QED) is 0.540. The van der Waals surface area contributed by atoms with E-state index in [2.05, 4.69) is 27.2 Å². The van der Waals surface area contributed by atoms with Crippen molar-refractivity contribution in [3.8, 4) is 0 Å². The predicted molar refractivity (Wildman–Crippen MR) is 22.8 cm³/mol. The molecule has 0 saturated heterocycles. The molecule has 9 heavy (non-hydrogen) atoms. The third-order valence-corrected chi connectivity index (χ3v) is 0. The molecule has 0 saturated carbocycles. The Bertz CT molecular complexity index is 20.5. The van der Waals surface area contributed by atoms with E-state index in [0.29, 0.717) is 0 Å². The van der Waals surface area contributed by atoms with E-state index in [4.69, 9.17) is 19.2 Å². The third-order valence-electron chi connectivity index (χ3n) is 0. The molecule has 0 spiro atoms. The minimum atomic E-state index is 0. The first-order chi connectivity index (χ1) is 4.00. The molecule has 0 N–H and O–H groups in total. The number of hydrogen-bond donors (Lipinski definition) is 0. The zero-order chi connectivity index (χ0) is 8.00. The molecule has 0 fully saturated rings. The van der Waals surface area contributed by atoms with Gasteiger partial charge in [-0.25, -0.2) is 0 Å². The molecule has 0 amide bonds. The van der Waals surface area contributed by atoms with Crippen molar-refractivity contribution in [2.45, 2.75) is 0 Å². The van der Waals surface area contributed by atoms with Crippen LogP contribution in [0.3, 0.4) is 0 Å². The predicted octanol–water partition coefficient (Wildman–Crippen LogP) is -1.59. The van der Waals surface area contributed by atoms with Crippen LogP contribution in [0.1, 0.15) is 0 Å². The minimum absolute atomic E-state index is 0. The summed E-state index contributed by atoms with van der Waals surface area (Å²) in [5.74, 6) is 0. The zero-order valence-corrected chi connectivity index (χ0v) is 7.29. The Morgan fingerprint density at radius 3 is 0.444 bits per heavy atom. The molecule has 45 valence electrons. The van der Waals surface area contributed by atoms with Gasteiger partial charge in [-0.2, -0.15) is 0 Å². The van der Waals surface area contributed by atoms with Crippen LogP contribution in [0.25, 0.3) is 0 Å². The van der Waals surface area contributed by atoms with E-state index in [1.807, 2.05) is 0 Å². The van der Waals surface area contributed by atoms with E-state index < -0.39 is 0 Å². The molecule has 0 aliphatic rings. The maximum absolute atomic E-state index is 7.50. The molecule has 4 nitrogen and oxygen atoms in total. The van der Waals surface area contributed by atoms with Crippen molar-refractivity contribution < 1.29 is 41.6 Å². The van der Waals surface area contributed by atoms with Gasteiger partial charge >= 0.3 is 0 Å². The molecule has 0 unspecified atom stereocenters. The Morgan fingerprint density at radius 2 is 0.444 bits per heavy atom. The van der Waals surface area contributed by atoms with Crippen LogP contribution in [0.5, 0.6) is 0 Å². The monoisotopic (exact) mass is 293 g/mol. The molecule has 5 heteroatoms. The molecule has 0 aromatic heterocycles. The van der Waals surface area contributed by atoms with Crippen molar-refractivity contribution in [3.05, 3.63) is 0 Å². The van der Waals surface area contributed by atoms with Crippen molar-refractivity contribution in [2.75, 3.05) is 0 Å². The normalized spacial score (nSPS) is 1.78. The summed E-state index contributed by atoms with van der Waals surface area (Å²) in [6.07, 6.45) is 0. The first kappa shape index (κ1) is 39.6. The van der Waals surface area contributed by atoms with Crippen LogP contribution < -0.4 is 0 Å². The van der Waals surface area contributed by atoms with E-state index in [-0.39, 0.29) is 22.4 Å². The Labute approximate surface area is 69.1 Å². The van der Waals surface area contributed by atoms with E-state index in [1.54, 1.807) is 0 Å². The molecule has 0 aliphatic heterocycles. The second-order valence-corrected chi connectivity index (χ2v) is 0. The first-order valence-corrected chi connectivity index (χ1v) is 0.816. The molecule has 0 aromatic carbocycles. The van der Waals surface area contributed by atoms with Crippen LogP contribution in [0.15, 0.2) is 0 Å².